The van der Waals surface area contributed by atoms with Crippen LogP contribution in [-0.4, -0.2) is 48.2 Å². The zero-order valence-corrected chi connectivity index (χ0v) is 9.50. The van der Waals surface area contributed by atoms with Gasteiger partial charge in [-0.3, -0.25) is 4.79 Å². The summed E-state index contributed by atoms with van der Waals surface area (Å²) in [6.07, 6.45) is 1.62. The lowest BCUT2D eigenvalue weighted by molar-refractivity contribution is -0.152. The summed E-state index contributed by atoms with van der Waals surface area (Å²) in [5.41, 5.74) is 0. The Hall–Kier alpha value is -1.17. The number of hydrogen-bond acceptors (Lipinski definition) is 5. The van der Waals surface area contributed by atoms with Gasteiger partial charge in [-0.25, -0.2) is 0 Å². The number of aliphatic hydroxyl groups excluding tert-OH is 2. The van der Waals surface area contributed by atoms with Crippen LogP contribution in [0.1, 0.15) is 6.92 Å². The summed E-state index contributed by atoms with van der Waals surface area (Å²) in [7, 11) is 1.41. The maximum absolute atomic E-state index is 10.8. The molecular weight excluding hydrogens is 212 g/mol. The van der Waals surface area contributed by atoms with Crippen LogP contribution >= 0.6 is 0 Å². The average molecular weight is 230 g/mol. The molecule has 0 bridgehead atoms. The number of esters is 1. The molecule has 0 aromatic heterocycles. The molecule has 0 aliphatic carbocycles. The van der Waals surface area contributed by atoms with Crippen LogP contribution in [-0.2, 0) is 14.3 Å². The monoisotopic (exact) mass is 230 g/mol. The number of carbonyl (C=O) groups excluding carboxylic acids is 1. The highest BCUT2D eigenvalue weighted by atomic mass is 16.6. The van der Waals surface area contributed by atoms with Crippen molar-refractivity contribution in [2.45, 2.75) is 25.2 Å². The van der Waals surface area contributed by atoms with E-state index in [0.29, 0.717) is 0 Å². The molecule has 16 heavy (non-hydrogen) atoms. The Labute approximate surface area is 95.0 Å². The molecule has 5 heteroatoms. The summed E-state index contributed by atoms with van der Waals surface area (Å²) < 4.78 is 9.83. The van der Waals surface area contributed by atoms with E-state index in [9.17, 15) is 9.90 Å². The van der Waals surface area contributed by atoms with Crippen molar-refractivity contribution in [1.82, 2.24) is 0 Å². The van der Waals surface area contributed by atoms with Crippen LogP contribution in [0, 0.1) is 0 Å². The SMILES string of the molecule is C=C[C@H](OC)[C@@H](O)[C@H](/C=C\CO)OC(C)=O. The minimum atomic E-state index is -1.06. The van der Waals surface area contributed by atoms with Crippen LogP contribution in [0.5, 0.6) is 0 Å². The molecular formula is C11H18O5. The number of ether oxygens (including phenoxy) is 2. The van der Waals surface area contributed by atoms with Gasteiger partial charge in [0, 0.05) is 14.0 Å². The summed E-state index contributed by atoms with van der Waals surface area (Å²) >= 11 is 0. The Morgan fingerprint density at radius 3 is 2.50 bits per heavy atom. The summed E-state index contributed by atoms with van der Waals surface area (Å²) in [5, 5.41) is 18.5. The van der Waals surface area contributed by atoms with Crippen molar-refractivity contribution in [3.63, 3.8) is 0 Å². The summed E-state index contributed by atoms with van der Waals surface area (Å²) in [5.74, 6) is -0.523. The maximum atomic E-state index is 10.8. The lowest BCUT2D eigenvalue weighted by Gasteiger charge is -2.24. The quantitative estimate of drug-likeness (QED) is 0.476. The minimum Gasteiger partial charge on any atom is -0.455 e. The highest BCUT2D eigenvalue weighted by Crippen LogP contribution is 2.10. The first-order valence-electron chi connectivity index (χ1n) is 4.85. The highest BCUT2D eigenvalue weighted by Gasteiger charge is 2.26. The topological polar surface area (TPSA) is 76.0 Å². The Bertz CT molecular complexity index is 249. The molecule has 0 saturated heterocycles. The lowest BCUT2D eigenvalue weighted by atomic mass is 10.1. The van der Waals surface area contributed by atoms with Gasteiger partial charge in [-0.2, -0.15) is 0 Å². The van der Waals surface area contributed by atoms with E-state index in [4.69, 9.17) is 14.6 Å². The third-order valence-electron chi connectivity index (χ3n) is 1.91. The van der Waals surface area contributed by atoms with Crippen LogP contribution in [0.25, 0.3) is 0 Å². The molecule has 0 aromatic rings. The van der Waals surface area contributed by atoms with Crippen LogP contribution in [0.3, 0.4) is 0 Å². The van der Waals surface area contributed by atoms with Gasteiger partial charge in [-0.15, -0.1) is 6.58 Å². The van der Waals surface area contributed by atoms with E-state index in [1.165, 1.54) is 32.3 Å². The van der Waals surface area contributed by atoms with Gasteiger partial charge in [-0.05, 0) is 6.08 Å². The second-order valence-electron chi connectivity index (χ2n) is 3.11. The normalized spacial score (nSPS) is 16.8. The third-order valence-corrected chi connectivity index (χ3v) is 1.91. The van der Waals surface area contributed by atoms with Crippen molar-refractivity contribution >= 4 is 5.97 Å². The van der Waals surface area contributed by atoms with Crippen LogP contribution in [0.15, 0.2) is 24.8 Å². The second kappa shape index (κ2) is 8.04. The molecule has 0 radical (unpaired) electrons. The Morgan fingerprint density at radius 1 is 1.50 bits per heavy atom. The van der Waals surface area contributed by atoms with Gasteiger partial charge in [0.15, 0.2) is 0 Å². The fraction of sp³-hybridized carbons (Fsp3) is 0.545. The fourth-order valence-corrected chi connectivity index (χ4v) is 1.17. The Kier molecular flexibility index (Phi) is 7.45. The van der Waals surface area contributed by atoms with Crippen molar-refractivity contribution in [2.24, 2.45) is 0 Å². The summed E-state index contributed by atoms with van der Waals surface area (Å²) in [6.45, 7) is 4.54. The number of hydrogen-bond donors (Lipinski definition) is 2. The number of rotatable bonds is 7. The lowest BCUT2D eigenvalue weighted by Crippen LogP contribution is -2.38. The zero-order valence-electron chi connectivity index (χ0n) is 9.50. The summed E-state index contributed by atoms with van der Waals surface area (Å²) in [4.78, 5) is 10.8. The molecule has 0 unspecified atom stereocenters. The van der Waals surface area contributed by atoms with Crippen molar-refractivity contribution in [3.8, 4) is 0 Å². The van der Waals surface area contributed by atoms with Crippen molar-refractivity contribution < 1.29 is 24.5 Å². The van der Waals surface area contributed by atoms with Gasteiger partial charge >= 0.3 is 5.97 Å². The molecule has 2 N–H and O–H groups in total. The standard InChI is InChI=1S/C11H18O5/c1-4-9(15-3)11(14)10(6-5-7-12)16-8(2)13/h4-6,9-12,14H,1,7H2,2-3H3/b6-5-/t9-,10-,11+/m0/s1. The van der Waals surface area contributed by atoms with Crippen LogP contribution < -0.4 is 0 Å². The molecule has 0 fully saturated rings. The van der Waals surface area contributed by atoms with E-state index >= 15 is 0 Å². The Morgan fingerprint density at radius 2 is 2.12 bits per heavy atom. The van der Waals surface area contributed by atoms with Gasteiger partial charge in [0.05, 0.1) is 6.61 Å². The summed E-state index contributed by atoms with van der Waals surface area (Å²) in [6, 6.07) is 0. The highest BCUT2D eigenvalue weighted by molar-refractivity contribution is 5.66. The predicted molar refractivity (Wildman–Crippen MR) is 58.8 cm³/mol. The smallest absolute Gasteiger partial charge is 0.303 e. The average Bonchev–Trinajstić information content (AvgIpc) is 2.25. The first-order chi connectivity index (χ1) is 7.56. The van der Waals surface area contributed by atoms with Crippen molar-refractivity contribution in [1.29, 1.82) is 0 Å². The molecule has 5 nitrogen and oxygen atoms in total. The van der Waals surface area contributed by atoms with E-state index < -0.39 is 24.3 Å². The molecule has 0 heterocycles. The number of aliphatic hydroxyl groups is 2. The van der Waals surface area contributed by atoms with Gasteiger partial charge in [0.25, 0.3) is 0 Å². The van der Waals surface area contributed by atoms with E-state index in [0.717, 1.165) is 0 Å². The van der Waals surface area contributed by atoms with Gasteiger partial charge in [-0.1, -0.05) is 12.2 Å². The molecule has 0 aliphatic rings. The molecule has 0 aromatic carbocycles. The van der Waals surface area contributed by atoms with Crippen LogP contribution in [0.4, 0.5) is 0 Å². The van der Waals surface area contributed by atoms with E-state index in [2.05, 4.69) is 6.58 Å². The fourth-order valence-electron chi connectivity index (χ4n) is 1.17. The number of carbonyl (C=O) groups is 1. The zero-order chi connectivity index (χ0) is 12.6. The van der Waals surface area contributed by atoms with Crippen molar-refractivity contribution in [2.75, 3.05) is 13.7 Å². The third kappa shape index (κ3) is 5.06. The van der Waals surface area contributed by atoms with Gasteiger partial charge < -0.3 is 19.7 Å². The number of methoxy groups -OCH3 is 1. The largest absolute Gasteiger partial charge is 0.455 e. The predicted octanol–water partition coefficient (Wildman–Crippen LogP) is 0.0285. The first-order valence-corrected chi connectivity index (χ1v) is 4.85. The Balaban J connectivity index is 4.65. The van der Waals surface area contributed by atoms with Crippen molar-refractivity contribution in [3.05, 3.63) is 24.8 Å². The molecule has 0 rings (SSSR count). The van der Waals surface area contributed by atoms with Gasteiger partial charge in [0.1, 0.15) is 18.3 Å². The first kappa shape index (κ1) is 14.8. The molecule has 3 atom stereocenters. The molecule has 0 amide bonds. The molecule has 92 valence electrons. The molecule has 0 saturated carbocycles. The maximum Gasteiger partial charge on any atom is 0.303 e. The van der Waals surface area contributed by atoms with Crippen LogP contribution in [0.2, 0.25) is 0 Å². The second-order valence-corrected chi connectivity index (χ2v) is 3.11. The van der Waals surface area contributed by atoms with E-state index in [1.807, 2.05) is 0 Å². The van der Waals surface area contributed by atoms with Gasteiger partial charge in [0.2, 0.25) is 0 Å². The molecule has 0 aliphatic heterocycles. The van der Waals surface area contributed by atoms with E-state index in [1.54, 1.807) is 0 Å². The molecule has 0 spiro atoms. The van der Waals surface area contributed by atoms with E-state index in [-0.39, 0.29) is 6.61 Å². The minimum absolute atomic E-state index is 0.198.